The molecule has 5 heteroatoms. The highest BCUT2D eigenvalue weighted by molar-refractivity contribution is 7.98. The molecule has 1 N–H and O–H groups in total. The summed E-state index contributed by atoms with van der Waals surface area (Å²) in [6.07, 6.45) is 6.75. The molecule has 172 valence electrons. The minimum absolute atomic E-state index is 0.000574. The van der Waals surface area contributed by atoms with E-state index in [1.807, 2.05) is 55.5 Å². The van der Waals surface area contributed by atoms with Crippen LogP contribution in [-0.2, 0) is 21.9 Å². The largest absolute Gasteiger partial charge is 0.352 e. The number of amides is 2. The van der Waals surface area contributed by atoms with E-state index in [1.54, 1.807) is 16.7 Å². The van der Waals surface area contributed by atoms with E-state index in [0.717, 1.165) is 29.9 Å². The summed E-state index contributed by atoms with van der Waals surface area (Å²) >= 11 is 1.77. The van der Waals surface area contributed by atoms with Crippen molar-refractivity contribution >= 4 is 23.6 Å². The van der Waals surface area contributed by atoms with Crippen LogP contribution in [0.2, 0.25) is 0 Å². The predicted molar refractivity (Wildman–Crippen MR) is 133 cm³/mol. The van der Waals surface area contributed by atoms with Gasteiger partial charge in [0.15, 0.2) is 0 Å². The Hall–Kier alpha value is -2.27. The third kappa shape index (κ3) is 7.70. The quantitative estimate of drug-likeness (QED) is 0.454. The van der Waals surface area contributed by atoms with Gasteiger partial charge < -0.3 is 10.2 Å². The monoisotopic (exact) mass is 452 g/mol. The summed E-state index contributed by atoms with van der Waals surface area (Å²) in [6, 6.07) is 20.1. The number of thioether (sulfide) groups is 1. The van der Waals surface area contributed by atoms with Crippen LogP contribution in [0.3, 0.4) is 0 Å². The molecule has 1 aliphatic carbocycles. The highest BCUT2D eigenvalue weighted by atomic mass is 32.2. The zero-order valence-corrected chi connectivity index (χ0v) is 20.0. The van der Waals surface area contributed by atoms with E-state index in [1.165, 1.54) is 24.8 Å². The van der Waals surface area contributed by atoms with Crippen LogP contribution in [0.4, 0.5) is 0 Å². The molecule has 2 aromatic rings. The summed E-state index contributed by atoms with van der Waals surface area (Å²) < 4.78 is 0. The van der Waals surface area contributed by atoms with Gasteiger partial charge in [-0.2, -0.15) is 11.8 Å². The Morgan fingerprint density at radius 2 is 1.59 bits per heavy atom. The molecule has 2 aromatic carbocycles. The maximum atomic E-state index is 13.3. The Balaban J connectivity index is 1.62. The van der Waals surface area contributed by atoms with Crippen LogP contribution < -0.4 is 5.32 Å². The third-order valence-electron chi connectivity index (χ3n) is 6.11. The second-order valence-corrected chi connectivity index (χ2v) is 9.67. The summed E-state index contributed by atoms with van der Waals surface area (Å²) in [5, 5.41) is 3.24. The lowest BCUT2D eigenvalue weighted by Crippen LogP contribution is -2.51. The van der Waals surface area contributed by atoms with E-state index >= 15 is 0 Å². The molecule has 0 heterocycles. The molecule has 0 aliphatic heterocycles. The van der Waals surface area contributed by atoms with Gasteiger partial charge in [0.25, 0.3) is 0 Å². The highest BCUT2D eigenvalue weighted by Crippen LogP contribution is 2.20. The number of rotatable bonds is 11. The van der Waals surface area contributed by atoms with Crippen molar-refractivity contribution in [3.63, 3.8) is 0 Å². The van der Waals surface area contributed by atoms with E-state index in [0.29, 0.717) is 19.4 Å². The van der Waals surface area contributed by atoms with Gasteiger partial charge in [0.2, 0.25) is 11.8 Å². The number of nitrogens with one attached hydrogen (secondary N) is 1. The topological polar surface area (TPSA) is 49.4 Å². The number of carbonyl (C=O) groups excluding carboxylic acids is 2. The Labute approximate surface area is 197 Å². The van der Waals surface area contributed by atoms with Gasteiger partial charge >= 0.3 is 0 Å². The fourth-order valence-corrected chi connectivity index (χ4v) is 5.20. The van der Waals surface area contributed by atoms with Crippen molar-refractivity contribution in [2.45, 2.75) is 76.3 Å². The molecule has 1 fully saturated rings. The van der Waals surface area contributed by atoms with Gasteiger partial charge in [-0.05, 0) is 30.4 Å². The molecule has 0 bridgehead atoms. The van der Waals surface area contributed by atoms with Crippen LogP contribution in [0.15, 0.2) is 60.7 Å². The van der Waals surface area contributed by atoms with Gasteiger partial charge in [-0.3, -0.25) is 9.59 Å². The second kappa shape index (κ2) is 13.3. The lowest BCUT2D eigenvalue weighted by Gasteiger charge is -2.33. The molecule has 0 unspecified atom stereocenters. The number of carbonyl (C=O) groups is 2. The average Bonchev–Trinajstić information content (AvgIpc) is 2.83. The molecule has 0 aromatic heterocycles. The summed E-state index contributed by atoms with van der Waals surface area (Å²) in [7, 11) is 0. The van der Waals surface area contributed by atoms with Crippen LogP contribution in [-0.4, -0.2) is 34.6 Å². The maximum absolute atomic E-state index is 13.3. The fourth-order valence-electron chi connectivity index (χ4n) is 4.31. The maximum Gasteiger partial charge on any atom is 0.243 e. The summed E-state index contributed by atoms with van der Waals surface area (Å²) in [4.78, 5) is 28.3. The van der Waals surface area contributed by atoms with Crippen molar-refractivity contribution in [1.29, 1.82) is 0 Å². The Morgan fingerprint density at radius 1 is 0.969 bits per heavy atom. The van der Waals surface area contributed by atoms with Crippen molar-refractivity contribution in [2.75, 3.05) is 5.75 Å². The number of benzene rings is 2. The first-order chi connectivity index (χ1) is 15.7. The Kier molecular flexibility index (Phi) is 10.1. The van der Waals surface area contributed by atoms with Crippen LogP contribution in [0.5, 0.6) is 0 Å². The standard InChI is InChI=1S/C27H36N2O2S/c1-2-25(27(31)28-24-16-10-5-11-17-24)29(20-22-12-6-3-7-13-22)26(30)18-19-32-21-23-14-8-4-9-15-23/h3-4,6-9,12-15,24-25H,2,5,10-11,16-21H2,1H3,(H,28,31)/t25-/m1/s1. The van der Waals surface area contributed by atoms with Crippen LogP contribution in [0.1, 0.15) is 63.0 Å². The Morgan fingerprint density at radius 3 is 2.22 bits per heavy atom. The fraction of sp³-hybridized carbons (Fsp3) is 0.481. The molecule has 0 spiro atoms. The summed E-state index contributed by atoms with van der Waals surface area (Å²) in [5.41, 5.74) is 2.33. The number of hydrogen-bond donors (Lipinski definition) is 1. The van der Waals surface area contributed by atoms with E-state index < -0.39 is 6.04 Å². The van der Waals surface area contributed by atoms with Crippen LogP contribution in [0, 0.1) is 0 Å². The van der Waals surface area contributed by atoms with Crippen molar-refractivity contribution in [2.24, 2.45) is 0 Å². The Bertz CT molecular complexity index is 822. The first-order valence-corrected chi connectivity index (χ1v) is 13.1. The van der Waals surface area contributed by atoms with Gasteiger partial charge in [0, 0.05) is 30.5 Å². The molecule has 4 nitrogen and oxygen atoms in total. The molecule has 1 aliphatic rings. The molecule has 32 heavy (non-hydrogen) atoms. The molecule has 1 saturated carbocycles. The third-order valence-corrected chi connectivity index (χ3v) is 7.14. The van der Waals surface area contributed by atoms with Gasteiger partial charge in [-0.15, -0.1) is 0 Å². The molecular formula is C27H36N2O2S. The lowest BCUT2D eigenvalue weighted by molar-refractivity contribution is -0.141. The first-order valence-electron chi connectivity index (χ1n) is 11.9. The molecule has 3 rings (SSSR count). The molecule has 0 radical (unpaired) electrons. The first kappa shape index (κ1) is 24.4. The van der Waals surface area contributed by atoms with Crippen molar-refractivity contribution in [3.8, 4) is 0 Å². The minimum Gasteiger partial charge on any atom is -0.352 e. The minimum atomic E-state index is -0.427. The van der Waals surface area contributed by atoms with Gasteiger partial charge in [0.1, 0.15) is 6.04 Å². The zero-order valence-electron chi connectivity index (χ0n) is 19.2. The van der Waals surface area contributed by atoms with Crippen LogP contribution >= 0.6 is 11.8 Å². The summed E-state index contributed by atoms with van der Waals surface area (Å²) in [6.45, 7) is 2.47. The second-order valence-electron chi connectivity index (χ2n) is 8.56. The van der Waals surface area contributed by atoms with Crippen molar-refractivity contribution in [1.82, 2.24) is 10.2 Å². The van der Waals surface area contributed by atoms with Crippen molar-refractivity contribution < 1.29 is 9.59 Å². The predicted octanol–water partition coefficient (Wildman–Crippen LogP) is 5.57. The summed E-state index contributed by atoms with van der Waals surface area (Å²) in [5.74, 6) is 1.70. The SMILES string of the molecule is CC[C@H](C(=O)NC1CCCCC1)N(Cc1ccccc1)C(=O)CCSCc1ccccc1. The van der Waals surface area contributed by atoms with E-state index in [9.17, 15) is 9.59 Å². The normalized spacial score (nSPS) is 15.2. The van der Waals surface area contributed by atoms with Gasteiger partial charge in [0.05, 0.1) is 0 Å². The zero-order chi connectivity index (χ0) is 22.6. The molecule has 2 amide bonds. The smallest absolute Gasteiger partial charge is 0.243 e. The van der Waals surface area contributed by atoms with E-state index in [2.05, 4.69) is 17.4 Å². The van der Waals surface area contributed by atoms with E-state index in [4.69, 9.17) is 0 Å². The number of nitrogens with zero attached hydrogens (tertiary/aromatic N) is 1. The molecular weight excluding hydrogens is 416 g/mol. The number of hydrogen-bond acceptors (Lipinski definition) is 3. The van der Waals surface area contributed by atoms with E-state index in [-0.39, 0.29) is 17.9 Å². The highest BCUT2D eigenvalue weighted by Gasteiger charge is 2.30. The van der Waals surface area contributed by atoms with Gasteiger partial charge in [-0.25, -0.2) is 0 Å². The van der Waals surface area contributed by atoms with Crippen molar-refractivity contribution in [3.05, 3.63) is 71.8 Å². The molecule has 1 atom stereocenters. The lowest BCUT2D eigenvalue weighted by atomic mass is 9.95. The average molecular weight is 453 g/mol. The molecule has 0 saturated heterocycles. The van der Waals surface area contributed by atoms with Crippen LogP contribution in [0.25, 0.3) is 0 Å². The van der Waals surface area contributed by atoms with Gasteiger partial charge in [-0.1, -0.05) is 86.8 Å².